The van der Waals surface area contributed by atoms with Crippen LogP contribution in [0.4, 0.5) is 0 Å². The zero-order chi connectivity index (χ0) is 25.0. The largest absolute Gasteiger partial charge is 0.264 e. The van der Waals surface area contributed by atoms with Gasteiger partial charge in [-0.3, -0.25) is 9.97 Å². The summed E-state index contributed by atoms with van der Waals surface area (Å²) in [5, 5.41) is 9.15. The first kappa shape index (κ1) is 23.9. The zero-order valence-electron chi connectivity index (χ0n) is 19.8. The monoisotopic (exact) mass is 494 g/mol. The Kier molecular flexibility index (Phi) is 6.90. The van der Waals surface area contributed by atoms with Gasteiger partial charge in [-0.05, 0) is 72.4 Å². The molecule has 1 unspecified atom stereocenters. The third-order valence-electron chi connectivity index (χ3n) is 6.65. The maximum atomic E-state index is 13.0. The molecule has 0 N–H and O–H groups in total. The van der Waals surface area contributed by atoms with Gasteiger partial charge in [0.25, 0.3) is 0 Å². The zero-order valence-corrected chi connectivity index (χ0v) is 20.6. The molecule has 1 aliphatic heterocycles. The molecule has 1 saturated heterocycles. The van der Waals surface area contributed by atoms with Gasteiger partial charge >= 0.3 is 0 Å². The van der Waals surface area contributed by atoms with Crippen molar-refractivity contribution in [1.82, 2.24) is 14.3 Å². The number of aromatic nitrogens is 2. The van der Waals surface area contributed by atoms with Crippen LogP contribution in [0.2, 0.25) is 0 Å². The van der Waals surface area contributed by atoms with E-state index in [9.17, 15) is 8.42 Å². The Morgan fingerprint density at radius 3 is 2.31 bits per heavy atom. The molecule has 0 spiro atoms. The van der Waals surface area contributed by atoms with E-state index in [4.69, 9.17) is 10.2 Å². The van der Waals surface area contributed by atoms with E-state index in [1.54, 1.807) is 28.8 Å². The molecule has 36 heavy (non-hydrogen) atoms. The summed E-state index contributed by atoms with van der Waals surface area (Å²) < 4.78 is 27.5. The average molecular weight is 495 g/mol. The second kappa shape index (κ2) is 10.4. The number of sulfonamides is 1. The van der Waals surface area contributed by atoms with Crippen molar-refractivity contribution in [2.45, 2.75) is 30.1 Å². The molecule has 0 radical (unpaired) electrons. The average Bonchev–Trinajstić information content (AvgIpc) is 3.49. The number of hydrogen-bond acceptors (Lipinski definition) is 5. The fraction of sp³-hybridized carbons (Fsp3) is 0.207. The molecule has 1 atom stereocenters. The summed E-state index contributed by atoms with van der Waals surface area (Å²) >= 11 is 0. The normalized spacial score (nSPS) is 14.9. The Balaban J connectivity index is 1.52. The minimum absolute atomic E-state index is 0.0247. The summed E-state index contributed by atoms with van der Waals surface area (Å²) in [4.78, 5) is 9.37. The van der Waals surface area contributed by atoms with Gasteiger partial charge in [-0.2, -0.15) is 9.57 Å². The summed E-state index contributed by atoms with van der Waals surface area (Å²) in [5.74, 6) is -0.0247. The molecule has 6 nitrogen and oxygen atoms in total. The Labute approximate surface area is 212 Å². The summed E-state index contributed by atoms with van der Waals surface area (Å²) in [6.45, 7) is 1.16. The number of nitriles is 1. The molecule has 2 aromatic carbocycles. The van der Waals surface area contributed by atoms with Crippen molar-refractivity contribution in [2.24, 2.45) is 0 Å². The molecule has 0 aliphatic carbocycles. The van der Waals surface area contributed by atoms with Crippen molar-refractivity contribution in [3.63, 3.8) is 0 Å². The molecule has 1 fully saturated rings. The highest BCUT2D eigenvalue weighted by Gasteiger charge is 2.27. The van der Waals surface area contributed by atoms with Gasteiger partial charge in [0.15, 0.2) is 0 Å². The topological polar surface area (TPSA) is 87.0 Å². The van der Waals surface area contributed by atoms with Crippen LogP contribution in [0.1, 0.15) is 41.0 Å². The Bertz CT molecular complexity index is 1470. The van der Waals surface area contributed by atoms with Gasteiger partial charge in [0.2, 0.25) is 10.0 Å². The first-order chi connectivity index (χ1) is 17.6. The molecule has 7 heteroatoms. The lowest BCUT2D eigenvalue weighted by molar-refractivity contribution is 0.477. The molecular weight excluding hydrogens is 468 g/mol. The number of hydrogen-bond donors (Lipinski definition) is 0. The standard InChI is InChI=1S/C29H26N4O2S/c30-20-23-9-7-22(8-10-23)19-28(25-5-3-15-31-21-25)27-6-4-16-32-29(27)24-11-13-26(14-12-24)36(34,35)33-17-1-2-18-33/h3-16,21,28H,1-2,17-19H2. The molecule has 0 saturated carbocycles. The van der Waals surface area contributed by atoms with E-state index in [1.165, 1.54) is 0 Å². The van der Waals surface area contributed by atoms with E-state index in [-0.39, 0.29) is 5.92 Å². The van der Waals surface area contributed by atoms with Crippen LogP contribution in [-0.2, 0) is 16.4 Å². The van der Waals surface area contributed by atoms with Crippen LogP contribution in [0.5, 0.6) is 0 Å². The van der Waals surface area contributed by atoms with Gasteiger partial charge in [-0.15, -0.1) is 0 Å². The molecule has 5 rings (SSSR count). The van der Waals surface area contributed by atoms with Crippen LogP contribution in [0, 0.1) is 11.3 Å². The van der Waals surface area contributed by atoms with E-state index < -0.39 is 10.0 Å². The summed E-state index contributed by atoms with van der Waals surface area (Å²) in [6, 6.07) is 24.8. The van der Waals surface area contributed by atoms with E-state index in [2.05, 4.69) is 23.2 Å². The van der Waals surface area contributed by atoms with Gasteiger partial charge in [0.1, 0.15) is 0 Å². The Morgan fingerprint density at radius 2 is 1.64 bits per heavy atom. The lowest BCUT2D eigenvalue weighted by Crippen LogP contribution is -2.27. The maximum Gasteiger partial charge on any atom is 0.243 e. The van der Waals surface area contributed by atoms with E-state index in [0.29, 0.717) is 30.0 Å². The number of benzene rings is 2. The van der Waals surface area contributed by atoms with Gasteiger partial charge in [0.05, 0.1) is 22.2 Å². The lowest BCUT2D eigenvalue weighted by atomic mass is 9.84. The fourth-order valence-electron chi connectivity index (χ4n) is 4.74. The maximum absolute atomic E-state index is 13.0. The van der Waals surface area contributed by atoms with E-state index in [0.717, 1.165) is 40.8 Å². The van der Waals surface area contributed by atoms with Crippen LogP contribution in [0.15, 0.2) is 96.3 Å². The van der Waals surface area contributed by atoms with E-state index >= 15 is 0 Å². The number of rotatable bonds is 7. The van der Waals surface area contributed by atoms with Crippen LogP contribution in [0.3, 0.4) is 0 Å². The van der Waals surface area contributed by atoms with Crippen molar-refractivity contribution < 1.29 is 8.42 Å². The smallest absolute Gasteiger partial charge is 0.243 e. The molecule has 4 aromatic rings. The quantitative estimate of drug-likeness (QED) is 0.354. The second-order valence-electron chi connectivity index (χ2n) is 8.93. The molecule has 3 heterocycles. The van der Waals surface area contributed by atoms with Crippen molar-refractivity contribution >= 4 is 10.0 Å². The molecule has 180 valence electrons. The molecule has 1 aliphatic rings. The Morgan fingerprint density at radius 1 is 0.917 bits per heavy atom. The SMILES string of the molecule is N#Cc1ccc(CC(c2cccnc2)c2cccnc2-c2ccc(S(=O)(=O)N3CCCC3)cc2)cc1. The van der Waals surface area contributed by atoms with Crippen LogP contribution < -0.4 is 0 Å². The molecule has 0 bridgehead atoms. The predicted molar refractivity (Wildman–Crippen MR) is 139 cm³/mol. The first-order valence-corrected chi connectivity index (χ1v) is 13.4. The highest BCUT2D eigenvalue weighted by atomic mass is 32.2. The third kappa shape index (κ3) is 4.92. The van der Waals surface area contributed by atoms with Crippen molar-refractivity contribution in [3.05, 3.63) is 114 Å². The highest BCUT2D eigenvalue weighted by molar-refractivity contribution is 7.89. The van der Waals surface area contributed by atoms with Gasteiger partial charge in [0, 0.05) is 43.2 Å². The van der Waals surface area contributed by atoms with Gasteiger partial charge < -0.3 is 0 Å². The number of nitrogens with zero attached hydrogens (tertiary/aromatic N) is 4. The van der Waals surface area contributed by atoms with E-state index in [1.807, 2.05) is 54.7 Å². The van der Waals surface area contributed by atoms with Crippen molar-refractivity contribution in [3.8, 4) is 17.3 Å². The molecule has 0 amide bonds. The second-order valence-corrected chi connectivity index (χ2v) is 10.9. The minimum Gasteiger partial charge on any atom is -0.264 e. The van der Waals surface area contributed by atoms with Crippen molar-refractivity contribution in [2.75, 3.05) is 13.1 Å². The molecule has 2 aromatic heterocycles. The molecular formula is C29H26N4O2S. The first-order valence-electron chi connectivity index (χ1n) is 12.0. The summed E-state index contributed by atoms with van der Waals surface area (Å²) in [6.07, 6.45) is 7.91. The summed E-state index contributed by atoms with van der Waals surface area (Å²) in [7, 11) is -3.47. The number of pyridine rings is 2. The van der Waals surface area contributed by atoms with Crippen LogP contribution in [-0.4, -0.2) is 35.8 Å². The lowest BCUT2D eigenvalue weighted by Gasteiger charge is -2.21. The van der Waals surface area contributed by atoms with Crippen molar-refractivity contribution in [1.29, 1.82) is 5.26 Å². The summed E-state index contributed by atoms with van der Waals surface area (Å²) in [5.41, 5.74) is 5.49. The predicted octanol–water partition coefficient (Wildman–Crippen LogP) is 5.17. The van der Waals surface area contributed by atoms with Gasteiger partial charge in [-0.25, -0.2) is 8.42 Å². The van der Waals surface area contributed by atoms with Gasteiger partial charge in [-0.1, -0.05) is 36.4 Å². The highest BCUT2D eigenvalue weighted by Crippen LogP contribution is 2.35. The van der Waals surface area contributed by atoms with Crippen LogP contribution >= 0.6 is 0 Å². The third-order valence-corrected chi connectivity index (χ3v) is 8.57. The van der Waals surface area contributed by atoms with Crippen LogP contribution in [0.25, 0.3) is 11.3 Å². The Hall–Kier alpha value is -3.86. The fourth-order valence-corrected chi connectivity index (χ4v) is 6.26. The minimum atomic E-state index is -3.47.